The number of amides is 2. The van der Waals surface area contributed by atoms with Crippen LogP contribution >= 0.6 is 0 Å². The molecule has 2 bridgehead atoms. The summed E-state index contributed by atoms with van der Waals surface area (Å²) >= 11 is 0. The summed E-state index contributed by atoms with van der Waals surface area (Å²) in [5.41, 5.74) is 1.90. The van der Waals surface area contributed by atoms with Crippen molar-refractivity contribution in [2.45, 2.75) is 77.0 Å². The number of nitrogens with zero attached hydrogens (tertiary/aromatic N) is 2. The van der Waals surface area contributed by atoms with Crippen LogP contribution in [0, 0.1) is 11.8 Å². The Labute approximate surface area is 186 Å². The van der Waals surface area contributed by atoms with Crippen LogP contribution in [0.15, 0.2) is 35.6 Å². The summed E-state index contributed by atoms with van der Waals surface area (Å²) in [5.74, 6) is 0.822. The fourth-order valence-corrected chi connectivity index (χ4v) is 5.85. The minimum absolute atomic E-state index is 0.0676. The maximum atomic E-state index is 13.0. The summed E-state index contributed by atoms with van der Waals surface area (Å²) in [7, 11) is 2.04. The summed E-state index contributed by atoms with van der Waals surface area (Å²) < 4.78 is 0. The van der Waals surface area contributed by atoms with Crippen molar-refractivity contribution in [2.24, 2.45) is 11.8 Å². The van der Waals surface area contributed by atoms with Gasteiger partial charge in [0.15, 0.2) is 0 Å². The second-order valence-corrected chi connectivity index (χ2v) is 10.9. The predicted octanol–water partition coefficient (Wildman–Crippen LogP) is 2.59. The Balaban J connectivity index is 1.29. The van der Waals surface area contributed by atoms with Gasteiger partial charge in [0.2, 0.25) is 11.8 Å². The Kier molecular flexibility index (Phi) is 6.03. The second kappa shape index (κ2) is 8.45. The highest BCUT2D eigenvalue weighted by Crippen LogP contribution is 2.38. The summed E-state index contributed by atoms with van der Waals surface area (Å²) in [6.45, 7) is 9.38. The van der Waals surface area contributed by atoms with Crippen molar-refractivity contribution < 1.29 is 9.59 Å². The van der Waals surface area contributed by atoms with Gasteiger partial charge < -0.3 is 15.5 Å². The molecule has 0 spiro atoms. The standard InChI is InChI=1S/C25H38N4O2/c1-16-6-9-22-20(10-16)21(14-28(22)5)24(31)26-13-17-11-18-7-8-19(12-17)29(18)15-23(30)27-25(2,3)4/h6,9-10,14,17-20,22H,7-8,11-13,15H2,1-5H3,(H,26,31)(H,27,30)/t17?,18-,19?,20?,22?/m1/s1. The fourth-order valence-electron chi connectivity index (χ4n) is 5.85. The first-order valence-electron chi connectivity index (χ1n) is 11.8. The van der Waals surface area contributed by atoms with Gasteiger partial charge in [0.25, 0.3) is 0 Å². The number of carbonyl (C=O) groups excluding carboxylic acids is 2. The smallest absolute Gasteiger partial charge is 0.249 e. The van der Waals surface area contributed by atoms with Gasteiger partial charge in [-0.25, -0.2) is 0 Å². The van der Waals surface area contributed by atoms with Gasteiger partial charge in [0.05, 0.1) is 12.6 Å². The van der Waals surface area contributed by atoms with E-state index >= 15 is 0 Å². The maximum absolute atomic E-state index is 13.0. The topological polar surface area (TPSA) is 64.7 Å². The van der Waals surface area contributed by atoms with Gasteiger partial charge in [-0.2, -0.15) is 0 Å². The molecule has 0 aromatic carbocycles. The number of carbonyl (C=O) groups is 2. The van der Waals surface area contributed by atoms with Gasteiger partial charge in [-0.15, -0.1) is 0 Å². The molecule has 6 heteroatoms. The van der Waals surface area contributed by atoms with Crippen molar-refractivity contribution >= 4 is 11.8 Å². The average molecular weight is 427 g/mol. The van der Waals surface area contributed by atoms with Gasteiger partial charge in [-0.3, -0.25) is 14.5 Å². The number of hydrogen-bond acceptors (Lipinski definition) is 4. The summed E-state index contributed by atoms with van der Waals surface area (Å²) in [6.07, 6.45) is 13.0. The molecule has 4 aliphatic rings. The molecule has 0 radical (unpaired) electrons. The molecule has 31 heavy (non-hydrogen) atoms. The zero-order chi connectivity index (χ0) is 22.3. The average Bonchev–Trinajstić information content (AvgIpc) is 3.10. The molecule has 2 fully saturated rings. The zero-order valence-corrected chi connectivity index (χ0v) is 19.6. The SMILES string of the molecule is CC1=CC2C(C(=O)NCC3CC4CC[C@H](C3)N4CC(=O)NC(C)(C)C)=CN(C)C2C=C1. The van der Waals surface area contributed by atoms with Crippen LogP contribution in [0.5, 0.6) is 0 Å². The molecule has 5 atom stereocenters. The first kappa shape index (κ1) is 22.1. The minimum Gasteiger partial charge on any atom is -0.373 e. The third kappa shape index (κ3) is 4.89. The fraction of sp³-hybridized carbons (Fsp3) is 0.680. The predicted molar refractivity (Wildman–Crippen MR) is 123 cm³/mol. The molecule has 6 nitrogen and oxygen atoms in total. The lowest BCUT2D eigenvalue weighted by atomic mass is 9.87. The molecule has 0 saturated carbocycles. The summed E-state index contributed by atoms with van der Waals surface area (Å²) in [6, 6.07) is 1.17. The molecule has 3 heterocycles. The normalized spacial score (nSPS) is 32.4. The van der Waals surface area contributed by atoms with E-state index in [0.717, 1.165) is 37.8 Å². The van der Waals surface area contributed by atoms with Crippen molar-refractivity contribution in [3.05, 3.63) is 35.6 Å². The Morgan fingerprint density at radius 1 is 1.16 bits per heavy atom. The molecule has 3 aliphatic heterocycles. The minimum atomic E-state index is -0.192. The van der Waals surface area contributed by atoms with E-state index in [2.05, 4.69) is 45.6 Å². The first-order chi connectivity index (χ1) is 14.6. The lowest BCUT2D eigenvalue weighted by Crippen LogP contribution is -2.52. The number of allylic oxidation sites excluding steroid dienone is 2. The van der Waals surface area contributed by atoms with Crippen molar-refractivity contribution in [3.8, 4) is 0 Å². The van der Waals surface area contributed by atoms with E-state index in [0.29, 0.717) is 24.5 Å². The molecule has 0 aromatic heterocycles. The Bertz CT molecular complexity index is 808. The number of likely N-dealkylation sites (N-methyl/N-ethyl adjacent to an activating group) is 1. The van der Waals surface area contributed by atoms with Gasteiger partial charge in [-0.1, -0.05) is 23.8 Å². The Morgan fingerprint density at radius 3 is 2.48 bits per heavy atom. The third-order valence-electron chi connectivity index (χ3n) is 7.17. The molecular formula is C25H38N4O2. The van der Waals surface area contributed by atoms with E-state index in [-0.39, 0.29) is 29.3 Å². The molecule has 2 amide bonds. The molecular weight excluding hydrogens is 388 g/mol. The first-order valence-corrected chi connectivity index (χ1v) is 11.8. The van der Waals surface area contributed by atoms with Crippen LogP contribution in [0.25, 0.3) is 0 Å². The molecule has 170 valence electrons. The summed E-state index contributed by atoms with van der Waals surface area (Å²) in [4.78, 5) is 30.0. The highest BCUT2D eigenvalue weighted by molar-refractivity contribution is 5.95. The highest BCUT2D eigenvalue weighted by atomic mass is 16.2. The lowest BCUT2D eigenvalue weighted by molar-refractivity contribution is -0.125. The van der Waals surface area contributed by atoms with E-state index in [9.17, 15) is 9.59 Å². The number of fused-ring (bicyclic) bond motifs is 3. The maximum Gasteiger partial charge on any atom is 0.249 e. The quantitative estimate of drug-likeness (QED) is 0.709. The highest BCUT2D eigenvalue weighted by Gasteiger charge is 2.42. The van der Waals surface area contributed by atoms with Crippen LogP contribution in [-0.4, -0.2) is 65.4 Å². The van der Waals surface area contributed by atoms with E-state index in [1.165, 1.54) is 5.57 Å². The van der Waals surface area contributed by atoms with Crippen LogP contribution in [0.1, 0.15) is 53.4 Å². The molecule has 2 N–H and O–H groups in total. The van der Waals surface area contributed by atoms with E-state index in [4.69, 9.17) is 0 Å². The Hall–Kier alpha value is -2.08. The number of hydrogen-bond donors (Lipinski definition) is 2. The second-order valence-electron chi connectivity index (χ2n) is 10.9. The van der Waals surface area contributed by atoms with Crippen LogP contribution in [0.3, 0.4) is 0 Å². The van der Waals surface area contributed by atoms with Crippen molar-refractivity contribution in [3.63, 3.8) is 0 Å². The van der Waals surface area contributed by atoms with Crippen LogP contribution in [-0.2, 0) is 9.59 Å². The van der Waals surface area contributed by atoms with Crippen molar-refractivity contribution in [1.82, 2.24) is 20.4 Å². The van der Waals surface area contributed by atoms with Gasteiger partial charge in [0, 0.05) is 48.9 Å². The number of nitrogens with one attached hydrogen (secondary N) is 2. The van der Waals surface area contributed by atoms with E-state index in [1.54, 1.807) is 0 Å². The molecule has 4 unspecified atom stereocenters. The largest absolute Gasteiger partial charge is 0.373 e. The molecule has 0 aromatic rings. The summed E-state index contributed by atoms with van der Waals surface area (Å²) in [5, 5.41) is 6.32. The molecule has 4 rings (SSSR count). The zero-order valence-electron chi connectivity index (χ0n) is 19.6. The van der Waals surface area contributed by atoms with Crippen molar-refractivity contribution in [2.75, 3.05) is 20.1 Å². The third-order valence-corrected chi connectivity index (χ3v) is 7.17. The van der Waals surface area contributed by atoms with Crippen LogP contribution < -0.4 is 10.6 Å². The van der Waals surface area contributed by atoms with Crippen LogP contribution in [0.4, 0.5) is 0 Å². The monoisotopic (exact) mass is 426 g/mol. The van der Waals surface area contributed by atoms with Gasteiger partial charge in [-0.05, 0) is 59.3 Å². The lowest BCUT2D eigenvalue weighted by Gasteiger charge is -2.39. The van der Waals surface area contributed by atoms with Crippen molar-refractivity contribution in [1.29, 1.82) is 0 Å². The molecule has 1 aliphatic carbocycles. The number of piperidine rings is 1. The van der Waals surface area contributed by atoms with Crippen LogP contribution in [0.2, 0.25) is 0 Å². The number of rotatable bonds is 5. The van der Waals surface area contributed by atoms with Gasteiger partial charge in [0.1, 0.15) is 0 Å². The van der Waals surface area contributed by atoms with E-state index < -0.39 is 0 Å². The van der Waals surface area contributed by atoms with E-state index in [1.807, 2.05) is 34.0 Å². The van der Waals surface area contributed by atoms with Gasteiger partial charge >= 0.3 is 0 Å². The Morgan fingerprint density at radius 2 is 1.84 bits per heavy atom. The molecule has 2 saturated heterocycles.